The molecule has 0 aromatic heterocycles. The van der Waals surface area contributed by atoms with Crippen LogP contribution in [0.4, 0.5) is 0 Å². The van der Waals surface area contributed by atoms with Crippen molar-refractivity contribution in [2.45, 2.75) is 59.1 Å². The third kappa shape index (κ3) is 2.81. The number of hydrogen-bond donors (Lipinski definition) is 0. The second-order valence-corrected chi connectivity index (χ2v) is 6.63. The molecule has 0 bridgehead atoms. The average Bonchev–Trinajstić information content (AvgIpc) is 2.46. The Labute approximate surface area is 121 Å². The lowest BCUT2D eigenvalue weighted by molar-refractivity contribution is 0.00578. The van der Waals surface area contributed by atoms with E-state index in [2.05, 4.69) is 0 Å². The standard InChI is InChI=1S/C16H23BO3/c1-11-7-8-13(12(2)9-11)14(18)10-17-19-15(3,4)16(5,6)20-17/h7-9H,10H2,1-6H3. The van der Waals surface area contributed by atoms with Crippen LogP contribution in [0.5, 0.6) is 0 Å². The van der Waals surface area contributed by atoms with E-state index in [4.69, 9.17) is 9.31 Å². The topological polar surface area (TPSA) is 35.5 Å². The molecule has 1 saturated heterocycles. The van der Waals surface area contributed by atoms with Crippen molar-refractivity contribution in [2.24, 2.45) is 0 Å². The van der Waals surface area contributed by atoms with Gasteiger partial charge in [0.2, 0.25) is 0 Å². The summed E-state index contributed by atoms with van der Waals surface area (Å²) < 4.78 is 11.8. The van der Waals surface area contributed by atoms with E-state index in [0.29, 0.717) is 0 Å². The first-order valence-electron chi connectivity index (χ1n) is 7.08. The highest BCUT2D eigenvalue weighted by Crippen LogP contribution is 2.38. The first-order valence-corrected chi connectivity index (χ1v) is 7.08. The van der Waals surface area contributed by atoms with Crippen LogP contribution in [0.25, 0.3) is 0 Å². The maximum atomic E-state index is 12.4. The smallest absolute Gasteiger partial charge is 0.403 e. The fraction of sp³-hybridized carbons (Fsp3) is 0.562. The number of carbonyl (C=O) groups excluding carboxylic acids is 1. The van der Waals surface area contributed by atoms with Gasteiger partial charge < -0.3 is 9.31 Å². The van der Waals surface area contributed by atoms with Crippen LogP contribution in [-0.4, -0.2) is 24.1 Å². The van der Waals surface area contributed by atoms with Crippen molar-refractivity contribution in [3.05, 3.63) is 34.9 Å². The normalized spacial score (nSPS) is 20.2. The summed E-state index contributed by atoms with van der Waals surface area (Å²) in [6.07, 6.45) is 0.261. The molecule has 4 heteroatoms. The van der Waals surface area contributed by atoms with Gasteiger partial charge in [0.1, 0.15) is 0 Å². The maximum Gasteiger partial charge on any atom is 0.465 e. The van der Waals surface area contributed by atoms with E-state index in [9.17, 15) is 4.79 Å². The summed E-state index contributed by atoms with van der Waals surface area (Å²) in [4.78, 5) is 12.4. The third-order valence-electron chi connectivity index (χ3n) is 4.34. The molecule has 1 aliphatic rings. The summed E-state index contributed by atoms with van der Waals surface area (Å²) in [7, 11) is -0.465. The number of carbonyl (C=O) groups is 1. The molecule has 1 aromatic rings. The van der Waals surface area contributed by atoms with E-state index in [1.54, 1.807) is 0 Å². The number of rotatable bonds is 3. The molecule has 3 nitrogen and oxygen atoms in total. The Morgan fingerprint density at radius 2 is 1.65 bits per heavy atom. The molecule has 0 spiro atoms. The Hall–Kier alpha value is -1.13. The van der Waals surface area contributed by atoms with Gasteiger partial charge in [0.05, 0.1) is 11.2 Å². The highest BCUT2D eigenvalue weighted by molar-refractivity contribution is 6.51. The molecule has 2 rings (SSSR count). The number of hydrogen-bond acceptors (Lipinski definition) is 3. The minimum Gasteiger partial charge on any atom is -0.403 e. The van der Waals surface area contributed by atoms with Gasteiger partial charge in [-0.15, -0.1) is 0 Å². The van der Waals surface area contributed by atoms with Crippen molar-refractivity contribution in [1.29, 1.82) is 0 Å². The zero-order valence-electron chi connectivity index (χ0n) is 13.2. The van der Waals surface area contributed by atoms with Gasteiger partial charge in [-0.25, -0.2) is 0 Å². The maximum absolute atomic E-state index is 12.4. The zero-order chi connectivity index (χ0) is 15.1. The largest absolute Gasteiger partial charge is 0.465 e. The van der Waals surface area contributed by atoms with Crippen molar-refractivity contribution >= 4 is 12.9 Å². The van der Waals surface area contributed by atoms with Crippen molar-refractivity contribution in [3.8, 4) is 0 Å². The van der Waals surface area contributed by atoms with Crippen molar-refractivity contribution in [2.75, 3.05) is 0 Å². The van der Waals surface area contributed by atoms with Gasteiger partial charge in [-0.1, -0.05) is 23.8 Å². The fourth-order valence-corrected chi connectivity index (χ4v) is 2.44. The lowest BCUT2D eigenvalue weighted by Gasteiger charge is -2.32. The molecule has 1 fully saturated rings. The minimum absolute atomic E-state index is 0.0704. The highest BCUT2D eigenvalue weighted by Gasteiger charge is 2.51. The van der Waals surface area contributed by atoms with Crippen LogP contribution in [0.15, 0.2) is 18.2 Å². The van der Waals surface area contributed by atoms with E-state index < -0.39 is 7.12 Å². The number of aryl methyl sites for hydroxylation is 2. The van der Waals surface area contributed by atoms with Gasteiger partial charge in [0, 0.05) is 11.9 Å². The Morgan fingerprint density at radius 3 is 2.15 bits per heavy atom. The van der Waals surface area contributed by atoms with E-state index in [1.807, 2.05) is 59.7 Å². The summed E-state index contributed by atoms with van der Waals surface area (Å²) in [6, 6.07) is 5.88. The van der Waals surface area contributed by atoms with Crippen LogP contribution in [0.2, 0.25) is 6.32 Å². The zero-order valence-corrected chi connectivity index (χ0v) is 13.2. The van der Waals surface area contributed by atoms with Crippen LogP contribution < -0.4 is 0 Å². The second-order valence-electron chi connectivity index (χ2n) is 6.63. The summed E-state index contributed by atoms with van der Waals surface area (Å²) in [6.45, 7) is 12.0. The van der Waals surface area contributed by atoms with Crippen LogP contribution in [0.3, 0.4) is 0 Å². The van der Waals surface area contributed by atoms with Crippen molar-refractivity contribution in [1.82, 2.24) is 0 Å². The first-order chi connectivity index (χ1) is 9.12. The molecular weight excluding hydrogens is 251 g/mol. The van der Waals surface area contributed by atoms with Gasteiger partial charge in [-0.3, -0.25) is 4.79 Å². The lowest BCUT2D eigenvalue weighted by atomic mass is 9.80. The predicted octanol–water partition coefficient (Wildman–Crippen LogP) is 3.58. The van der Waals surface area contributed by atoms with E-state index >= 15 is 0 Å². The summed E-state index contributed by atoms with van der Waals surface area (Å²) in [5.41, 5.74) is 2.15. The second kappa shape index (κ2) is 5.01. The monoisotopic (exact) mass is 274 g/mol. The van der Waals surface area contributed by atoms with Gasteiger partial charge >= 0.3 is 7.12 Å². The van der Waals surface area contributed by atoms with Crippen LogP contribution >= 0.6 is 0 Å². The Kier molecular flexibility index (Phi) is 3.82. The molecule has 0 radical (unpaired) electrons. The van der Waals surface area contributed by atoms with Gasteiger partial charge in [-0.05, 0) is 47.1 Å². The van der Waals surface area contributed by atoms with E-state index in [-0.39, 0.29) is 23.3 Å². The fourth-order valence-electron chi connectivity index (χ4n) is 2.44. The van der Waals surface area contributed by atoms with Crippen molar-refractivity contribution in [3.63, 3.8) is 0 Å². The minimum atomic E-state index is -0.465. The predicted molar refractivity (Wildman–Crippen MR) is 81.1 cm³/mol. The van der Waals surface area contributed by atoms with E-state index in [1.165, 1.54) is 0 Å². The third-order valence-corrected chi connectivity index (χ3v) is 4.34. The summed E-state index contributed by atoms with van der Waals surface area (Å²) >= 11 is 0. The van der Waals surface area contributed by atoms with Crippen LogP contribution in [-0.2, 0) is 9.31 Å². The Bertz CT molecular complexity index is 519. The van der Waals surface area contributed by atoms with Crippen LogP contribution in [0, 0.1) is 13.8 Å². The SMILES string of the molecule is Cc1ccc(C(=O)CB2OC(C)(C)C(C)(C)O2)c(C)c1. The molecule has 1 heterocycles. The first kappa shape index (κ1) is 15.3. The molecule has 20 heavy (non-hydrogen) atoms. The molecule has 0 atom stereocenters. The molecule has 108 valence electrons. The quantitative estimate of drug-likeness (QED) is 0.624. The van der Waals surface area contributed by atoms with E-state index in [0.717, 1.165) is 16.7 Å². The van der Waals surface area contributed by atoms with Crippen molar-refractivity contribution < 1.29 is 14.1 Å². The number of benzene rings is 1. The molecule has 0 saturated carbocycles. The van der Waals surface area contributed by atoms with Gasteiger partial charge in [0.25, 0.3) is 0 Å². The molecule has 1 aromatic carbocycles. The van der Waals surface area contributed by atoms with Gasteiger partial charge in [-0.2, -0.15) is 0 Å². The molecule has 0 N–H and O–H groups in total. The Balaban J connectivity index is 2.10. The number of Topliss-reactive ketones (excluding diaryl/α,β-unsaturated/α-hetero) is 1. The lowest BCUT2D eigenvalue weighted by Crippen LogP contribution is -2.41. The van der Waals surface area contributed by atoms with Gasteiger partial charge in [0.15, 0.2) is 5.78 Å². The van der Waals surface area contributed by atoms with Crippen LogP contribution in [0.1, 0.15) is 49.2 Å². The Morgan fingerprint density at radius 1 is 1.10 bits per heavy atom. The molecular formula is C16H23BO3. The molecule has 0 aliphatic carbocycles. The highest BCUT2D eigenvalue weighted by atomic mass is 16.7. The summed E-state index contributed by atoms with van der Waals surface area (Å²) in [5, 5.41) is 0. The molecule has 0 unspecified atom stereocenters. The molecule has 1 aliphatic heterocycles. The molecule has 0 amide bonds. The summed E-state index contributed by atoms with van der Waals surface area (Å²) in [5.74, 6) is 0.0704. The number of ketones is 1. The average molecular weight is 274 g/mol.